The first-order chi connectivity index (χ1) is 12.1. The summed E-state index contributed by atoms with van der Waals surface area (Å²) in [7, 11) is 1.73. The summed E-state index contributed by atoms with van der Waals surface area (Å²) in [5.41, 5.74) is 1.85. The first-order valence-electron chi connectivity index (χ1n) is 8.57. The van der Waals surface area contributed by atoms with Crippen LogP contribution >= 0.6 is 22.9 Å². The van der Waals surface area contributed by atoms with Crippen LogP contribution in [0, 0.1) is 11.3 Å². The minimum absolute atomic E-state index is 0.117. The molecule has 2 saturated heterocycles. The quantitative estimate of drug-likeness (QED) is 0.729. The number of amides is 2. The predicted octanol–water partition coefficient (Wildman–Crippen LogP) is 4.01. The third-order valence-electron chi connectivity index (χ3n) is 4.97. The number of nitrogens with zero attached hydrogens (tertiary/aromatic N) is 3. The maximum atomic E-state index is 12.7. The van der Waals surface area contributed by atoms with Crippen molar-refractivity contribution in [2.45, 2.75) is 31.8 Å². The zero-order valence-corrected chi connectivity index (χ0v) is 15.9. The highest BCUT2D eigenvalue weighted by Crippen LogP contribution is 2.32. The molecule has 5 nitrogen and oxygen atoms in total. The third kappa shape index (κ3) is 4.17. The van der Waals surface area contributed by atoms with Crippen LogP contribution in [0.15, 0.2) is 17.7 Å². The molecule has 134 valence electrons. The molecule has 1 aromatic heterocycles. The molecule has 2 aliphatic heterocycles. The molecule has 0 bridgehead atoms. The highest BCUT2D eigenvalue weighted by atomic mass is 35.5. The van der Waals surface area contributed by atoms with Gasteiger partial charge in [-0.2, -0.15) is 5.26 Å². The van der Waals surface area contributed by atoms with Gasteiger partial charge >= 0.3 is 6.03 Å². The molecular formula is C18H22ClN3O2S. The molecule has 1 aromatic rings. The smallest absolute Gasteiger partial charge is 0.320 e. The van der Waals surface area contributed by atoms with Gasteiger partial charge in [0.2, 0.25) is 0 Å². The summed E-state index contributed by atoms with van der Waals surface area (Å²) in [5.74, 6) is 0. The molecule has 25 heavy (non-hydrogen) atoms. The minimum atomic E-state index is 0.117. The van der Waals surface area contributed by atoms with Gasteiger partial charge in [0.1, 0.15) is 6.07 Å². The average molecular weight is 380 g/mol. The number of allylic oxidation sites excluding steroid dienone is 1. The van der Waals surface area contributed by atoms with E-state index in [0.717, 1.165) is 54.8 Å². The van der Waals surface area contributed by atoms with Crippen LogP contribution in [0.25, 0.3) is 5.57 Å². The summed E-state index contributed by atoms with van der Waals surface area (Å²) in [6, 6.07) is 6.16. The summed E-state index contributed by atoms with van der Waals surface area (Å²) < 4.78 is 6.05. The van der Waals surface area contributed by atoms with Crippen molar-refractivity contribution >= 4 is 34.5 Å². The van der Waals surface area contributed by atoms with E-state index >= 15 is 0 Å². The van der Waals surface area contributed by atoms with E-state index in [1.54, 1.807) is 7.11 Å². The van der Waals surface area contributed by atoms with Gasteiger partial charge in [0.05, 0.1) is 16.0 Å². The van der Waals surface area contributed by atoms with Crippen LogP contribution in [0.1, 0.15) is 30.6 Å². The number of nitriles is 1. The van der Waals surface area contributed by atoms with Gasteiger partial charge in [0, 0.05) is 38.2 Å². The van der Waals surface area contributed by atoms with Crippen LogP contribution in [-0.2, 0) is 4.74 Å². The van der Waals surface area contributed by atoms with Crippen molar-refractivity contribution in [3.05, 3.63) is 26.9 Å². The van der Waals surface area contributed by atoms with Crippen LogP contribution in [0.2, 0.25) is 4.34 Å². The van der Waals surface area contributed by atoms with Gasteiger partial charge in [0.25, 0.3) is 0 Å². The standard InChI is InChI=1S/C18H22ClN3O2S/c1-24-14-6-10-22(11-7-14)18(23)21-8-4-13(5-9-21)15(12-20)16-2-3-17(19)25-16/h2-3,14H,4-11H2,1H3. The monoisotopic (exact) mass is 379 g/mol. The second kappa shape index (κ2) is 8.22. The molecule has 2 fully saturated rings. The van der Waals surface area contributed by atoms with Crippen LogP contribution in [0.4, 0.5) is 4.79 Å². The number of halogens is 1. The van der Waals surface area contributed by atoms with E-state index in [4.69, 9.17) is 16.3 Å². The Morgan fingerprint density at radius 3 is 2.40 bits per heavy atom. The Morgan fingerprint density at radius 1 is 1.24 bits per heavy atom. The van der Waals surface area contributed by atoms with E-state index in [2.05, 4.69) is 6.07 Å². The first kappa shape index (κ1) is 18.2. The van der Waals surface area contributed by atoms with Gasteiger partial charge < -0.3 is 14.5 Å². The average Bonchev–Trinajstić information content (AvgIpc) is 3.08. The lowest BCUT2D eigenvalue weighted by atomic mass is 9.97. The summed E-state index contributed by atoms with van der Waals surface area (Å²) in [6.07, 6.45) is 3.57. The van der Waals surface area contributed by atoms with Crippen molar-refractivity contribution in [2.24, 2.45) is 0 Å². The maximum absolute atomic E-state index is 12.7. The second-order valence-corrected chi connectivity index (χ2v) is 8.10. The molecular weight excluding hydrogens is 358 g/mol. The molecule has 0 saturated carbocycles. The topological polar surface area (TPSA) is 56.6 Å². The van der Waals surface area contributed by atoms with Crippen LogP contribution in [-0.4, -0.2) is 55.2 Å². The number of thiophene rings is 1. The lowest BCUT2D eigenvalue weighted by Gasteiger charge is -2.37. The van der Waals surface area contributed by atoms with Gasteiger partial charge in [0.15, 0.2) is 0 Å². The third-order valence-corrected chi connectivity index (χ3v) is 6.22. The van der Waals surface area contributed by atoms with E-state index in [1.807, 2.05) is 21.9 Å². The van der Waals surface area contributed by atoms with Crippen LogP contribution < -0.4 is 0 Å². The molecule has 2 amide bonds. The van der Waals surface area contributed by atoms with Gasteiger partial charge in [-0.15, -0.1) is 11.3 Å². The van der Waals surface area contributed by atoms with Crippen LogP contribution in [0.5, 0.6) is 0 Å². The largest absolute Gasteiger partial charge is 0.381 e. The molecule has 7 heteroatoms. The summed E-state index contributed by atoms with van der Waals surface area (Å²) in [6.45, 7) is 2.85. The van der Waals surface area contributed by atoms with Crippen LogP contribution in [0.3, 0.4) is 0 Å². The lowest BCUT2D eigenvalue weighted by molar-refractivity contribution is 0.0441. The summed E-state index contributed by atoms with van der Waals surface area (Å²) in [5, 5.41) is 9.52. The van der Waals surface area contributed by atoms with Crippen molar-refractivity contribution < 1.29 is 9.53 Å². The van der Waals surface area contributed by atoms with Crippen molar-refractivity contribution in [1.82, 2.24) is 9.80 Å². The fourth-order valence-electron chi connectivity index (χ4n) is 3.46. The summed E-state index contributed by atoms with van der Waals surface area (Å²) >= 11 is 7.42. The number of hydrogen-bond acceptors (Lipinski definition) is 4. The van der Waals surface area contributed by atoms with Crippen molar-refractivity contribution in [1.29, 1.82) is 5.26 Å². The molecule has 0 unspecified atom stereocenters. The Morgan fingerprint density at radius 2 is 1.88 bits per heavy atom. The Balaban J connectivity index is 1.61. The zero-order chi connectivity index (χ0) is 17.8. The molecule has 0 N–H and O–H groups in total. The molecule has 2 aliphatic rings. The number of methoxy groups -OCH3 is 1. The van der Waals surface area contributed by atoms with E-state index < -0.39 is 0 Å². The fraction of sp³-hybridized carbons (Fsp3) is 0.556. The number of rotatable bonds is 2. The maximum Gasteiger partial charge on any atom is 0.320 e. The Bertz CT molecular complexity index is 691. The molecule has 0 aromatic carbocycles. The van der Waals surface area contributed by atoms with E-state index in [1.165, 1.54) is 11.3 Å². The van der Waals surface area contributed by atoms with Gasteiger partial charge in [-0.1, -0.05) is 11.6 Å². The molecule has 0 aliphatic carbocycles. The fourth-order valence-corrected chi connectivity index (χ4v) is 4.54. The van der Waals surface area contributed by atoms with E-state index in [-0.39, 0.29) is 12.1 Å². The number of carbonyl (C=O) groups is 1. The SMILES string of the molecule is COC1CCN(C(=O)N2CCC(=C(C#N)c3ccc(Cl)s3)CC2)CC1. The van der Waals surface area contributed by atoms with Crippen molar-refractivity contribution in [3.8, 4) is 6.07 Å². The highest BCUT2D eigenvalue weighted by molar-refractivity contribution is 7.17. The lowest BCUT2D eigenvalue weighted by Crippen LogP contribution is -2.49. The molecule has 3 heterocycles. The number of piperidine rings is 2. The highest BCUT2D eigenvalue weighted by Gasteiger charge is 2.28. The Hall–Kier alpha value is -1.55. The number of carbonyl (C=O) groups excluding carboxylic acids is 1. The molecule has 0 atom stereocenters. The normalized spacial score (nSPS) is 19.0. The number of likely N-dealkylation sites (tertiary alicyclic amines) is 2. The number of urea groups is 1. The molecule has 0 radical (unpaired) electrons. The first-order valence-corrected chi connectivity index (χ1v) is 9.76. The van der Waals surface area contributed by atoms with E-state index in [9.17, 15) is 10.1 Å². The predicted molar refractivity (Wildman–Crippen MR) is 99.7 cm³/mol. The number of ether oxygens (including phenoxy) is 1. The van der Waals surface area contributed by atoms with Gasteiger partial charge in [-0.25, -0.2) is 4.79 Å². The van der Waals surface area contributed by atoms with Crippen molar-refractivity contribution in [2.75, 3.05) is 33.3 Å². The molecule has 0 spiro atoms. The van der Waals surface area contributed by atoms with Gasteiger partial charge in [-0.05, 0) is 43.4 Å². The minimum Gasteiger partial charge on any atom is -0.381 e. The zero-order valence-electron chi connectivity index (χ0n) is 14.3. The number of hydrogen-bond donors (Lipinski definition) is 0. The Labute approximate surface area is 157 Å². The molecule has 3 rings (SSSR count). The van der Waals surface area contributed by atoms with E-state index in [0.29, 0.717) is 17.4 Å². The Kier molecular flexibility index (Phi) is 6.00. The van der Waals surface area contributed by atoms with Crippen molar-refractivity contribution in [3.63, 3.8) is 0 Å². The second-order valence-electron chi connectivity index (χ2n) is 6.39. The summed E-state index contributed by atoms with van der Waals surface area (Å²) in [4.78, 5) is 17.4. The van der Waals surface area contributed by atoms with Gasteiger partial charge in [-0.3, -0.25) is 0 Å².